The SMILES string of the molecule is CC(=O)N1CCc2cc(S(=O)(=O)Oc3ccc(C#N)cc3Cl)ccc21. The van der Waals surface area contributed by atoms with E-state index < -0.39 is 10.1 Å². The molecule has 6 nitrogen and oxygen atoms in total. The fourth-order valence-electron chi connectivity index (χ4n) is 2.66. The fourth-order valence-corrected chi connectivity index (χ4v) is 3.93. The van der Waals surface area contributed by atoms with Gasteiger partial charge in [0.05, 0.1) is 16.7 Å². The third kappa shape index (κ3) is 3.31. The van der Waals surface area contributed by atoms with Crippen LogP contribution in [0.15, 0.2) is 41.3 Å². The number of anilines is 1. The van der Waals surface area contributed by atoms with Gasteiger partial charge in [0.15, 0.2) is 5.75 Å². The first-order chi connectivity index (χ1) is 11.8. The minimum absolute atomic E-state index is 0.0166. The summed E-state index contributed by atoms with van der Waals surface area (Å²) in [7, 11) is -4.09. The van der Waals surface area contributed by atoms with Crippen LogP contribution >= 0.6 is 11.6 Å². The first-order valence-electron chi connectivity index (χ1n) is 7.37. The van der Waals surface area contributed by atoms with Crippen molar-refractivity contribution in [3.63, 3.8) is 0 Å². The van der Waals surface area contributed by atoms with E-state index in [4.69, 9.17) is 21.0 Å². The molecule has 1 aliphatic rings. The van der Waals surface area contributed by atoms with Gasteiger partial charge in [-0.25, -0.2) is 0 Å². The van der Waals surface area contributed by atoms with Gasteiger partial charge in [-0.05, 0) is 48.4 Å². The first kappa shape index (κ1) is 17.3. The van der Waals surface area contributed by atoms with Gasteiger partial charge in [-0.2, -0.15) is 13.7 Å². The number of hydrogen-bond donors (Lipinski definition) is 0. The van der Waals surface area contributed by atoms with Gasteiger partial charge in [0.1, 0.15) is 4.90 Å². The lowest BCUT2D eigenvalue weighted by atomic mass is 10.2. The van der Waals surface area contributed by atoms with Crippen LogP contribution in [-0.4, -0.2) is 20.9 Å². The maximum atomic E-state index is 12.5. The van der Waals surface area contributed by atoms with Crippen molar-refractivity contribution in [2.45, 2.75) is 18.2 Å². The van der Waals surface area contributed by atoms with Gasteiger partial charge in [0.25, 0.3) is 0 Å². The molecule has 0 atom stereocenters. The summed E-state index contributed by atoms with van der Waals surface area (Å²) in [6, 6.07) is 10.5. The molecule has 2 aromatic rings. The predicted molar refractivity (Wildman–Crippen MR) is 92.2 cm³/mol. The third-order valence-corrected chi connectivity index (χ3v) is 5.40. The fraction of sp³-hybridized carbons (Fsp3) is 0.176. The summed E-state index contributed by atoms with van der Waals surface area (Å²) >= 11 is 5.96. The molecule has 128 valence electrons. The Morgan fingerprint density at radius 1 is 1.28 bits per heavy atom. The third-order valence-electron chi connectivity index (χ3n) is 3.88. The zero-order valence-corrected chi connectivity index (χ0v) is 14.8. The van der Waals surface area contributed by atoms with Gasteiger partial charge in [0, 0.05) is 19.2 Å². The molecule has 1 amide bonds. The van der Waals surface area contributed by atoms with Crippen molar-refractivity contribution in [2.24, 2.45) is 0 Å². The van der Waals surface area contributed by atoms with Crippen LogP contribution in [0.4, 0.5) is 5.69 Å². The van der Waals surface area contributed by atoms with Crippen molar-refractivity contribution in [1.82, 2.24) is 0 Å². The Morgan fingerprint density at radius 3 is 2.68 bits per heavy atom. The molecule has 3 rings (SSSR count). The second kappa shape index (κ2) is 6.39. The molecule has 0 bridgehead atoms. The molecule has 0 radical (unpaired) electrons. The van der Waals surface area contributed by atoms with Crippen LogP contribution in [-0.2, 0) is 21.3 Å². The van der Waals surface area contributed by atoms with E-state index in [-0.39, 0.29) is 21.6 Å². The number of halogens is 1. The van der Waals surface area contributed by atoms with Crippen LogP contribution in [0.5, 0.6) is 5.75 Å². The van der Waals surface area contributed by atoms with Crippen LogP contribution in [0.2, 0.25) is 5.02 Å². The smallest absolute Gasteiger partial charge is 0.339 e. The molecular weight excluding hydrogens is 364 g/mol. The zero-order chi connectivity index (χ0) is 18.2. The highest BCUT2D eigenvalue weighted by Gasteiger charge is 2.26. The Hall–Kier alpha value is -2.56. The molecule has 1 heterocycles. The normalized spacial score (nSPS) is 13.2. The van der Waals surface area contributed by atoms with Gasteiger partial charge >= 0.3 is 10.1 Å². The van der Waals surface area contributed by atoms with Crippen molar-refractivity contribution in [3.05, 3.63) is 52.5 Å². The summed E-state index contributed by atoms with van der Waals surface area (Å²) in [5.74, 6) is -0.138. The molecule has 0 spiro atoms. The number of hydrogen-bond acceptors (Lipinski definition) is 5. The number of nitriles is 1. The molecule has 0 N–H and O–H groups in total. The standard InChI is InChI=1S/C17H13ClN2O4S/c1-11(21)20-7-6-13-9-14(3-4-16(13)20)25(22,23)24-17-5-2-12(10-19)8-15(17)18/h2-5,8-9H,6-7H2,1H3. The quantitative estimate of drug-likeness (QED) is 0.768. The topological polar surface area (TPSA) is 87.5 Å². The second-order valence-electron chi connectivity index (χ2n) is 5.51. The van der Waals surface area contributed by atoms with Gasteiger partial charge in [-0.15, -0.1) is 0 Å². The molecular formula is C17H13ClN2O4S. The number of carbonyl (C=O) groups excluding carboxylic acids is 1. The summed E-state index contributed by atoms with van der Waals surface area (Å²) in [6.07, 6.45) is 0.579. The highest BCUT2D eigenvalue weighted by atomic mass is 35.5. The predicted octanol–water partition coefficient (Wildman–Crippen LogP) is 2.89. The molecule has 0 saturated heterocycles. The number of fused-ring (bicyclic) bond motifs is 1. The average Bonchev–Trinajstić information content (AvgIpc) is 3.00. The molecule has 0 fully saturated rings. The minimum atomic E-state index is -4.09. The van der Waals surface area contributed by atoms with E-state index in [1.54, 1.807) is 11.0 Å². The summed E-state index contributed by atoms with van der Waals surface area (Å²) in [6.45, 7) is 1.99. The van der Waals surface area contributed by atoms with E-state index >= 15 is 0 Å². The summed E-state index contributed by atoms with van der Waals surface area (Å²) in [5.41, 5.74) is 1.78. The number of nitrogens with zero attached hydrogens (tertiary/aromatic N) is 2. The molecule has 0 unspecified atom stereocenters. The van der Waals surface area contributed by atoms with E-state index in [9.17, 15) is 13.2 Å². The largest absolute Gasteiger partial charge is 0.377 e. The minimum Gasteiger partial charge on any atom is -0.377 e. The number of benzene rings is 2. The van der Waals surface area contributed by atoms with Gasteiger partial charge in [-0.1, -0.05) is 11.6 Å². The van der Waals surface area contributed by atoms with E-state index in [1.165, 1.54) is 37.3 Å². The highest BCUT2D eigenvalue weighted by molar-refractivity contribution is 7.87. The number of rotatable bonds is 3. The van der Waals surface area contributed by atoms with E-state index in [0.29, 0.717) is 24.2 Å². The Kier molecular flexibility index (Phi) is 4.41. The number of amides is 1. The molecule has 1 aliphatic heterocycles. The molecule has 0 aromatic heterocycles. The Balaban J connectivity index is 1.92. The molecule has 0 aliphatic carbocycles. The Labute approximate surface area is 150 Å². The maximum absolute atomic E-state index is 12.5. The van der Waals surface area contributed by atoms with Crippen LogP contribution in [0.3, 0.4) is 0 Å². The Bertz CT molecular complexity index is 1010. The van der Waals surface area contributed by atoms with Crippen molar-refractivity contribution < 1.29 is 17.4 Å². The van der Waals surface area contributed by atoms with E-state index in [1.807, 2.05) is 6.07 Å². The van der Waals surface area contributed by atoms with Crippen molar-refractivity contribution >= 4 is 33.3 Å². The van der Waals surface area contributed by atoms with Gasteiger partial charge in [0.2, 0.25) is 5.91 Å². The Morgan fingerprint density at radius 2 is 2.04 bits per heavy atom. The lowest BCUT2D eigenvalue weighted by molar-refractivity contribution is -0.116. The molecule has 25 heavy (non-hydrogen) atoms. The average molecular weight is 377 g/mol. The van der Waals surface area contributed by atoms with E-state index in [2.05, 4.69) is 0 Å². The molecule has 0 saturated carbocycles. The summed E-state index contributed by atoms with van der Waals surface area (Å²) in [5, 5.41) is 8.85. The zero-order valence-electron chi connectivity index (χ0n) is 13.2. The summed E-state index contributed by atoms with van der Waals surface area (Å²) in [4.78, 5) is 13.2. The lowest BCUT2D eigenvalue weighted by Gasteiger charge is -2.15. The second-order valence-corrected chi connectivity index (χ2v) is 7.46. The van der Waals surface area contributed by atoms with Gasteiger partial charge < -0.3 is 9.08 Å². The van der Waals surface area contributed by atoms with Crippen LogP contribution in [0.25, 0.3) is 0 Å². The van der Waals surface area contributed by atoms with Crippen molar-refractivity contribution in [1.29, 1.82) is 5.26 Å². The van der Waals surface area contributed by atoms with Crippen molar-refractivity contribution in [3.8, 4) is 11.8 Å². The van der Waals surface area contributed by atoms with Crippen LogP contribution in [0, 0.1) is 11.3 Å². The van der Waals surface area contributed by atoms with E-state index in [0.717, 1.165) is 5.56 Å². The maximum Gasteiger partial charge on any atom is 0.339 e. The lowest BCUT2D eigenvalue weighted by Crippen LogP contribution is -2.25. The number of carbonyl (C=O) groups is 1. The highest BCUT2D eigenvalue weighted by Crippen LogP contribution is 2.32. The molecule has 8 heteroatoms. The van der Waals surface area contributed by atoms with Crippen molar-refractivity contribution in [2.75, 3.05) is 11.4 Å². The molecule has 2 aromatic carbocycles. The van der Waals surface area contributed by atoms with Crippen LogP contribution in [0.1, 0.15) is 18.1 Å². The van der Waals surface area contributed by atoms with Gasteiger partial charge in [-0.3, -0.25) is 4.79 Å². The summed E-state index contributed by atoms with van der Waals surface area (Å²) < 4.78 is 30.1. The first-order valence-corrected chi connectivity index (χ1v) is 9.15. The van der Waals surface area contributed by atoms with Crippen LogP contribution < -0.4 is 9.08 Å². The monoisotopic (exact) mass is 376 g/mol.